The maximum Gasteiger partial charge on any atom is 0.234 e. The summed E-state index contributed by atoms with van der Waals surface area (Å²) in [5.41, 5.74) is 5.40. The SMILES string of the molecule is CCCNC(CCN1CCCCCC1)C(N)=O. The molecule has 0 radical (unpaired) electrons. The van der Waals surface area contributed by atoms with Crippen LogP contribution in [-0.2, 0) is 4.79 Å². The molecule has 1 heterocycles. The lowest BCUT2D eigenvalue weighted by atomic mass is 10.1. The van der Waals surface area contributed by atoms with Crippen LogP contribution in [-0.4, -0.2) is 43.0 Å². The smallest absolute Gasteiger partial charge is 0.234 e. The van der Waals surface area contributed by atoms with E-state index in [0.717, 1.165) is 25.9 Å². The minimum Gasteiger partial charge on any atom is -0.368 e. The Labute approximate surface area is 105 Å². The molecule has 0 aliphatic carbocycles. The molecule has 1 unspecified atom stereocenters. The Bertz CT molecular complexity index is 213. The minimum absolute atomic E-state index is 0.154. The van der Waals surface area contributed by atoms with Crippen molar-refractivity contribution in [3.05, 3.63) is 0 Å². The number of hydrogen-bond donors (Lipinski definition) is 2. The fourth-order valence-electron chi connectivity index (χ4n) is 2.33. The number of hydrogen-bond acceptors (Lipinski definition) is 3. The van der Waals surface area contributed by atoms with Crippen LogP contribution in [0.4, 0.5) is 0 Å². The maximum absolute atomic E-state index is 11.3. The van der Waals surface area contributed by atoms with Crippen LogP contribution in [0, 0.1) is 0 Å². The van der Waals surface area contributed by atoms with Crippen LogP contribution in [0.1, 0.15) is 45.4 Å². The van der Waals surface area contributed by atoms with Gasteiger partial charge in [0.05, 0.1) is 6.04 Å². The molecule has 0 aromatic heterocycles. The van der Waals surface area contributed by atoms with Crippen LogP contribution in [0.2, 0.25) is 0 Å². The van der Waals surface area contributed by atoms with E-state index < -0.39 is 0 Å². The molecule has 0 spiro atoms. The number of carbonyl (C=O) groups excluding carboxylic acids is 1. The van der Waals surface area contributed by atoms with Gasteiger partial charge in [0.1, 0.15) is 0 Å². The number of nitrogens with one attached hydrogen (secondary N) is 1. The lowest BCUT2D eigenvalue weighted by molar-refractivity contribution is -0.120. The van der Waals surface area contributed by atoms with Gasteiger partial charge in [-0.05, 0) is 45.3 Å². The molecule has 0 aromatic carbocycles. The summed E-state index contributed by atoms with van der Waals surface area (Å²) in [5, 5.41) is 3.22. The molecule has 1 aliphatic rings. The van der Waals surface area contributed by atoms with E-state index in [4.69, 9.17) is 5.73 Å². The molecule has 1 amide bonds. The van der Waals surface area contributed by atoms with Crippen molar-refractivity contribution in [2.24, 2.45) is 5.73 Å². The highest BCUT2D eigenvalue weighted by atomic mass is 16.1. The van der Waals surface area contributed by atoms with Crippen molar-refractivity contribution in [1.29, 1.82) is 0 Å². The first-order valence-electron chi connectivity index (χ1n) is 6.99. The quantitative estimate of drug-likeness (QED) is 0.702. The number of rotatable bonds is 7. The number of nitrogens with two attached hydrogens (primary N) is 1. The third-order valence-electron chi connectivity index (χ3n) is 3.42. The summed E-state index contributed by atoms with van der Waals surface area (Å²) in [4.78, 5) is 13.8. The molecule has 0 aromatic rings. The molecule has 0 saturated carbocycles. The van der Waals surface area contributed by atoms with Crippen LogP contribution < -0.4 is 11.1 Å². The molecule has 4 nitrogen and oxygen atoms in total. The van der Waals surface area contributed by atoms with Gasteiger partial charge in [0.15, 0.2) is 0 Å². The zero-order valence-electron chi connectivity index (χ0n) is 11.1. The maximum atomic E-state index is 11.3. The summed E-state index contributed by atoms with van der Waals surface area (Å²) in [6.45, 7) is 6.32. The Kier molecular flexibility index (Phi) is 7.21. The molecular weight excluding hydrogens is 214 g/mol. The van der Waals surface area contributed by atoms with Crippen molar-refractivity contribution in [2.45, 2.75) is 51.5 Å². The van der Waals surface area contributed by atoms with Crippen molar-refractivity contribution in [3.63, 3.8) is 0 Å². The second-order valence-corrected chi connectivity index (χ2v) is 4.95. The Hall–Kier alpha value is -0.610. The lowest BCUT2D eigenvalue weighted by Crippen LogP contribution is -2.44. The molecule has 4 heteroatoms. The van der Waals surface area contributed by atoms with Gasteiger partial charge in [-0.1, -0.05) is 19.8 Å². The predicted molar refractivity (Wildman–Crippen MR) is 70.8 cm³/mol. The first-order chi connectivity index (χ1) is 8.24. The van der Waals surface area contributed by atoms with E-state index >= 15 is 0 Å². The van der Waals surface area contributed by atoms with E-state index in [2.05, 4.69) is 17.1 Å². The molecule has 1 fully saturated rings. The molecule has 1 atom stereocenters. The minimum atomic E-state index is -0.215. The third kappa shape index (κ3) is 6.03. The van der Waals surface area contributed by atoms with Crippen molar-refractivity contribution in [3.8, 4) is 0 Å². The zero-order valence-corrected chi connectivity index (χ0v) is 11.1. The first-order valence-corrected chi connectivity index (χ1v) is 6.99. The standard InChI is InChI=1S/C13H27N3O/c1-2-8-15-12(13(14)17)7-11-16-9-5-3-4-6-10-16/h12,15H,2-11H2,1H3,(H2,14,17). The Balaban J connectivity index is 2.26. The van der Waals surface area contributed by atoms with Crippen LogP contribution in [0.3, 0.4) is 0 Å². The van der Waals surface area contributed by atoms with Crippen LogP contribution in [0.25, 0.3) is 0 Å². The van der Waals surface area contributed by atoms with Gasteiger partial charge in [-0.25, -0.2) is 0 Å². The average Bonchev–Trinajstić information content (AvgIpc) is 2.57. The Morgan fingerprint density at radius 2 is 1.94 bits per heavy atom. The van der Waals surface area contributed by atoms with Crippen LogP contribution >= 0.6 is 0 Å². The highest BCUT2D eigenvalue weighted by molar-refractivity contribution is 5.79. The number of likely N-dealkylation sites (tertiary alicyclic amines) is 1. The molecule has 3 N–H and O–H groups in total. The van der Waals surface area contributed by atoms with Gasteiger partial charge in [0.25, 0.3) is 0 Å². The fraction of sp³-hybridized carbons (Fsp3) is 0.923. The van der Waals surface area contributed by atoms with Crippen LogP contribution in [0.5, 0.6) is 0 Å². The van der Waals surface area contributed by atoms with E-state index in [0.29, 0.717) is 0 Å². The van der Waals surface area contributed by atoms with Gasteiger partial charge in [-0.2, -0.15) is 0 Å². The van der Waals surface area contributed by atoms with E-state index in [1.165, 1.54) is 38.8 Å². The van der Waals surface area contributed by atoms with Crippen molar-refractivity contribution in [2.75, 3.05) is 26.2 Å². The van der Waals surface area contributed by atoms with Crippen molar-refractivity contribution < 1.29 is 4.79 Å². The average molecular weight is 241 g/mol. The van der Waals surface area contributed by atoms with Gasteiger partial charge in [0, 0.05) is 6.54 Å². The molecule has 1 aliphatic heterocycles. The van der Waals surface area contributed by atoms with E-state index in [1.807, 2.05) is 0 Å². The van der Waals surface area contributed by atoms with Gasteiger partial charge >= 0.3 is 0 Å². The largest absolute Gasteiger partial charge is 0.368 e. The van der Waals surface area contributed by atoms with Gasteiger partial charge in [-0.15, -0.1) is 0 Å². The molecule has 1 rings (SSSR count). The summed E-state index contributed by atoms with van der Waals surface area (Å²) >= 11 is 0. The molecule has 100 valence electrons. The van der Waals surface area contributed by atoms with Gasteiger partial charge < -0.3 is 16.0 Å². The Morgan fingerprint density at radius 3 is 2.47 bits per heavy atom. The first kappa shape index (κ1) is 14.5. The molecule has 0 bridgehead atoms. The number of amides is 1. The monoisotopic (exact) mass is 241 g/mol. The van der Waals surface area contributed by atoms with Gasteiger partial charge in [0.2, 0.25) is 5.91 Å². The number of nitrogens with zero attached hydrogens (tertiary/aromatic N) is 1. The summed E-state index contributed by atoms with van der Waals surface area (Å²) in [6.07, 6.45) is 7.17. The second kappa shape index (κ2) is 8.48. The molecular formula is C13H27N3O. The topological polar surface area (TPSA) is 58.4 Å². The molecule has 17 heavy (non-hydrogen) atoms. The third-order valence-corrected chi connectivity index (χ3v) is 3.42. The highest BCUT2D eigenvalue weighted by Crippen LogP contribution is 2.10. The van der Waals surface area contributed by atoms with Gasteiger partial charge in [-0.3, -0.25) is 4.79 Å². The lowest BCUT2D eigenvalue weighted by Gasteiger charge is -2.22. The van der Waals surface area contributed by atoms with E-state index in [-0.39, 0.29) is 11.9 Å². The zero-order chi connectivity index (χ0) is 12.5. The summed E-state index contributed by atoms with van der Waals surface area (Å²) in [6, 6.07) is -0.154. The predicted octanol–water partition coefficient (Wildman–Crippen LogP) is 1.11. The van der Waals surface area contributed by atoms with E-state index in [9.17, 15) is 4.79 Å². The van der Waals surface area contributed by atoms with E-state index in [1.54, 1.807) is 0 Å². The Morgan fingerprint density at radius 1 is 1.29 bits per heavy atom. The fourth-order valence-corrected chi connectivity index (χ4v) is 2.33. The summed E-state index contributed by atoms with van der Waals surface area (Å²) in [7, 11) is 0. The summed E-state index contributed by atoms with van der Waals surface area (Å²) < 4.78 is 0. The molecule has 1 saturated heterocycles. The number of carbonyl (C=O) groups is 1. The van der Waals surface area contributed by atoms with Crippen molar-refractivity contribution in [1.82, 2.24) is 10.2 Å². The summed E-state index contributed by atoms with van der Waals surface area (Å²) in [5.74, 6) is -0.215. The number of primary amides is 1. The van der Waals surface area contributed by atoms with Crippen molar-refractivity contribution >= 4 is 5.91 Å². The normalized spacial score (nSPS) is 19.8. The second-order valence-electron chi connectivity index (χ2n) is 4.95. The van der Waals surface area contributed by atoms with Crippen LogP contribution in [0.15, 0.2) is 0 Å². The highest BCUT2D eigenvalue weighted by Gasteiger charge is 2.16.